The summed E-state index contributed by atoms with van der Waals surface area (Å²) in [7, 11) is -0.750. The maximum Gasteiger partial charge on any atom is 0.432 e. The zero-order valence-corrected chi connectivity index (χ0v) is 17.8. The van der Waals surface area contributed by atoms with Gasteiger partial charge in [0.25, 0.3) is 0 Å². The van der Waals surface area contributed by atoms with Crippen LogP contribution in [0.15, 0.2) is 30.3 Å². The lowest BCUT2D eigenvalue weighted by Crippen LogP contribution is -2.52. The molecule has 0 heterocycles. The van der Waals surface area contributed by atoms with E-state index in [1.54, 1.807) is 0 Å². The van der Waals surface area contributed by atoms with E-state index < -0.39 is 37.7 Å². The summed E-state index contributed by atoms with van der Waals surface area (Å²) in [5.74, 6) is -1.45. The Bertz CT molecular complexity index is 629. The molecule has 168 valence electrons. The molecule has 0 saturated carbocycles. The van der Waals surface area contributed by atoms with Crippen molar-refractivity contribution in [3.05, 3.63) is 35.9 Å². The molecule has 0 radical (unpaired) electrons. The molecule has 1 aromatic rings. The van der Waals surface area contributed by atoms with E-state index in [9.17, 15) is 19.5 Å². The van der Waals surface area contributed by atoms with Gasteiger partial charge in [-0.2, -0.15) is 0 Å². The van der Waals surface area contributed by atoms with Crippen LogP contribution in [0.25, 0.3) is 0 Å². The van der Waals surface area contributed by atoms with Gasteiger partial charge in [0.15, 0.2) is 0 Å². The molecule has 1 aromatic carbocycles. The van der Waals surface area contributed by atoms with Crippen LogP contribution in [0.3, 0.4) is 0 Å². The summed E-state index contributed by atoms with van der Waals surface area (Å²) >= 11 is 0. The van der Waals surface area contributed by atoms with Gasteiger partial charge in [-0.15, -0.1) is 0 Å². The summed E-state index contributed by atoms with van der Waals surface area (Å²) in [6.45, 7) is 5.88. The fourth-order valence-corrected chi connectivity index (χ4v) is 2.55. The van der Waals surface area contributed by atoms with Gasteiger partial charge >= 0.3 is 19.7 Å². The molecule has 1 rings (SSSR count). The summed E-state index contributed by atoms with van der Waals surface area (Å²) in [5, 5.41) is 28.6. The van der Waals surface area contributed by atoms with Crippen molar-refractivity contribution in [1.29, 1.82) is 0 Å². The Kier molecular flexibility index (Phi) is 14.8. The number of aliphatic carboxylic acids is 1. The molecule has 0 fully saturated rings. The number of amides is 2. The summed E-state index contributed by atoms with van der Waals surface area (Å²) in [6.07, 6.45) is 1.55. The predicted octanol–water partition coefficient (Wildman–Crippen LogP) is 1.32. The number of ether oxygens (including phenoxy) is 1. The average Bonchev–Trinajstić information content (AvgIpc) is 2.69. The normalized spacial score (nSPS) is 12.1. The van der Waals surface area contributed by atoms with Crippen LogP contribution in [0.5, 0.6) is 0 Å². The minimum absolute atomic E-state index is 0.0942. The molecule has 9 nitrogen and oxygen atoms in total. The topological polar surface area (TPSA) is 145 Å². The number of unbranched alkanes of at least 4 members (excludes halogenated alkanes) is 1. The first kappa shape index (κ1) is 27.4. The lowest BCUT2D eigenvalue weighted by atomic mass is 10.0. The summed E-state index contributed by atoms with van der Waals surface area (Å²) in [6, 6.07) is 7.39. The summed E-state index contributed by atoms with van der Waals surface area (Å²) in [4.78, 5) is 35.9. The summed E-state index contributed by atoms with van der Waals surface area (Å²) < 4.78 is 5.16. The van der Waals surface area contributed by atoms with Crippen LogP contribution < -0.4 is 10.6 Å². The van der Waals surface area contributed by atoms with Gasteiger partial charge in [0.1, 0.15) is 18.7 Å². The molecule has 0 aliphatic carbocycles. The number of carboxylic acids is 1. The molecule has 0 bridgehead atoms. The number of alkyl carbamates (subject to hydrolysis) is 1. The van der Waals surface area contributed by atoms with Crippen molar-refractivity contribution in [3.8, 4) is 0 Å². The third-order valence-electron chi connectivity index (χ3n) is 3.99. The van der Waals surface area contributed by atoms with E-state index in [0.717, 1.165) is 12.0 Å². The van der Waals surface area contributed by atoms with E-state index in [0.29, 0.717) is 19.3 Å². The largest absolute Gasteiger partial charge is 0.480 e. The molecule has 2 unspecified atom stereocenters. The van der Waals surface area contributed by atoms with Crippen LogP contribution in [0.4, 0.5) is 4.79 Å². The fraction of sp³-hybridized carbons (Fsp3) is 0.550. The number of hydrogen-bond acceptors (Lipinski definition) is 6. The van der Waals surface area contributed by atoms with E-state index in [4.69, 9.17) is 14.8 Å². The molecular weight excluding hydrogens is 391 g/mol. The molecule has 10 heteroatoms. The van der Waals surface area contributed by atoms with E-state index >= 15 is 0 Å². The Labute approximate surface area is 178 Å². The van der Waals surface area contributed by atoms with Gasteiger partial charge in [-0.1, -0.05) is 63.9 Å². The van der Waals surface area contributed by atoms with Crippen LogP contribution >= 0.6 is 0 Å². The zero-order valence-electron chi connectivity index (χ0n) is 17.8. The van der Waals surface area contributed by atoms with Gasteiger partial charge in [0, 0.05) is 0 Å². The lowest BCUT2D eigenvalue weighted by Gasteiger charge is -2.22. The maximum absolute atomic E-state index is 12.5. The minimum atomic E-state index is -1.08. The highest BCUT2D eigenvalue weighted by Gasteiger charge is 2.27. The first-order chi connectivity index (χ1) is 14.2. The Morgan fingerprint density at radius 3 is 2.17 bits per heavy atom. The molecule has 2 atom stereocenters. The van der Waals surface area contributed by atoms with Crippen molar-refractivity contribution in [2.45, 2.75) is 65.1 Å². The zero-order chi connectivity index (χ0) is 22.9. The molecular formula is C20H33BN2O7. The monoisotopic (exact) mass is 424 g/mol. The van der Waals surface area contributed by atoms with Crippen LogP contribution in [-0.4, -0.2) is 52.9 Å². The molecule has 0 aliphatic heterocycles. The van der Waals surface area contributed by atoms with Crippen molar-refractivity contribution < 1.29 is 34.3 Å². The average molecular weight is 424 g/mol. The second-order valence-electron chi connectivity index (χ2n) is 7.07. The molecule has 0 aromatic heterocycles. The Balaban J connectivity index is 0.00000263. The van der Waals surface area contributed by atoms with Gasteiger partial charge in [0.05, 0.1) is 0 Å². The molecule has 0 saturated heterocycles. The number of carbonyl (C=O) groups excluding carboxylic acids is 2. The van der Waals surface area contributed by atoms with Crippen LogP contribution in [0.2, 0.25) is 0 Å². The first-order valence-corrected chi connectivity index (χ1v) is 9.97. The third-order valence-corrected chi connectivity index (χ3v) is 3.99. The second-order valence-corrected chi connectivity index (χ2v) is 7.07. The van der Waals surface area contributed by atoms with Gasteiger partial charge in [-0.3, -0.25) is 4.79 Å². The fourth-order valence-electron chi connectivity index (χ4n) is 2.55. The molecule has 0 spiro atoms. The van der Waals surface area contributed by atoms with Crippen LogP contribution in [-0.2, 0) is 20.9 Å². The smallest absolute Gasteiger partial charge is 0.432 e. The van der Waals surface area contributed by atoms with E-state index in [2.05, 4.69) is 10.6 Å². The van der Waals surface area contributed by atoms with Crippen molar-refractivity contribution in [2.24, 2.45) is 5.92 Å². The predicted molar refractivity (Wildman–Crippen MR) is 114 cm³/mol. The summed E-state index contributed by atoms with van der Waals surface area (Å²) in [5.41, 5.74) is 0.836. The second kappa shape index (κ2) is 16.2. The van der Waals surface area contributed by atoms with Gasteiger partial charge in [-0.25, -0.2) is 9.59 Å². The molecule has 0 aliphatic rings. The number of hydrogen-bond donors (Lipinski definition) is 5. The van der Waals surface area contributed by atoms with Crippen molar-refractivity contribution in [2.75, 3.05) is 0 Å². The highest BCUT2D eigenvalue weighted by atomic mass is 16.5. The number of carbonyl (C=O) groups is 3. The molecule has 2 amide bonds. The van der Waals surface area contributed by atoms with Crippen LogP contribution in [0.1, 0.15) is 52.0 Å². The molecule has 5 N–H and O–H groups in total. The Morgan fingerprint density at radius 2 is 1.67 bits per heavy atom. The van der Waals surface area contributed by atoms with E-state index in [1.807, 2.05) is 51.1 Å². The number of benzene rings is 1. The van der Waals surface area contributed by atoms with Crippen molar-refractivity contribution in [3.63, 3.8) is 0 Å². The lowest BCUT2D eigenvalue weighted by molar-refractivity contribution is -0.142. The Morgan fingerprint density at radius 1 is 1.07 bits per heavy atom. The van der Waals surface area contributed by atoms with E-state index in [-0.39, 0.29) is 12.5 Å². The maximum atomic E-state index is 12.5. The van der Waals surface area contributed by atoms with Crippen LogP contribution in [0, 0.1) is 5.92 Å². The Hall–Kier alpha value is -2.59. The third kappa shape index (κ3) is 12.8. The number of nitrogens with one attached hydrogen (secondary N) is 2. The van der Waals surface area contributed by atoms with Gasteiger partial charge in [-0.05, 0) is 24.3 Å². The quantitative estimate of drug-likeness (QED) is 0.337. The SMILES string of the molecule is CCCCC(NC(=O)C(CC(C)C)NC(=O)OCc1ccccc1)C(=O)O.OBO. The van der Waals surface area contributed by atoms with Gasteiger partial charge in [0.2, 0.25) is 5.91 Å². The minimum Gasteiger partial charge on any atom is -0.480 e. The van der Waals surface area contributed by atoms with Crippen molar-refractivity contribution in [1.82, 2.24) is 10.6 Å². The van der Waals surface area contributed by atoms with Gasteiger partial charge < -0.3 is 30.5 Å². The number of carboxylic acid groups (broad SMARTS) is 1. The standard InChI is InChI=1S/C20H30N2O5.BH3O2/c1-4-5-11-16(19(24)25)21-18(23)17(12-14(2)3)22-20(26)27-13-15-9-7-6-8-10-15;2-1-3/h6-10,14,16-17H,4-5,11-13H2,1-3H3,(H,21,23)(H,22,26)(H,24,25);1-3H. The molecule has 30 heavy (non-hydrogen) atoms. The highest BCUT2D eigenvalue weighted by Crippen LogP contribution is 2.08. The van der Waals surface area contributed by atoms with Crippen molar-refractivity contribution >= 4 is 25.7 Å². The number of rotatable bonds is 11. The van der Waals surface area contributed by atoms with E-state index in [1.165, 1.54) is 0 Å². The highest BCUT2D eigenvalue weighted by molar-refractivity contribution is 6.13. The first-order valence-electron chi connectivity index (χ1n) is 9.97.